The number of likely N-dealkylation sites (tertiary alicyclic amines) is 2. The summed E-state index contributed by atoms with van der Waals surface area (Å²) in [5.41, 5.74) is 0.959. The van der Waals surface area contributed by atoms with Crippen molar-refractivity contribution in [3.63, 3.8) is 0 Å². The maximum absolute atomic E-state index is 13.1. The Kier molecular flexibility index (Phi) is 7.15. The highest BCUT2D eigenvalue weighted by molar-refractivity contribution is 6.31. The molecule has 144 valence electrons. The molecule has 0 saturated carbocycles. The smallest absolute Gasteiger partial charge is 0.193 e. The van der Waals surface area contributed by atoms with Crippen molar-refractivity contribution in [2.75, 3.05) is 46.3 Å². The van der Waals surface area contributed by atoms with Crippen LogP contribution in [0.3, 0.4) is 0 Å². The molecule has 3 rings (SSSR count). The summed E-state index contributed by atoms with van der Waals surface area (Å²) in [7, 11) is 1.84. The molecule has 0 bridgehead atoms. The van der Waals surface area contributed by atoms with Gasteiger partial charge < -0.3 is 15.1 Å². The second kappa shape index (κ2) is 9.56. The summed E-state index contributed by atoms with van der Waals surface area (Å²) in [6, 6.07) is 4.59. The van der Waals surface area contributed by atoms with Gasteiger partial charge >= 0.3 is 0 Å². The first kappa shape index (κ1) is 19.4. The van der Waals surface area contributed by atoms with E-state index in [-0.39, 0.29) is 5.82 Å². The van der Waals surface area contributed by atoms with Gasteiger partial charge in [-0.1, -0.05) is 24.1 Å². The molecule has 26 heavy (non-hydrogen) atoms. The zero-order chi connectivity index (χ0) is 18.4. The topological polar surface area (TPSA) is 30.9 Å². The van der Waals surface area contributed by atoms with Gasteiger partial charge in [-0.05, 0) is 62.4 Å². The van der Waals surface area contributed by atoms with Gasteiger partial charge in [0, 0.05) is 38.2 Å². The standard InChI is InChI=1S/C20H30ClFN4/c1-23-20(24-9-7-17-5-6-18(22)13-19(17)21)26-12-8-16(15-26)14-25-10-3-2-4-11-25/h5-6,13,16H,2-4,7-12,14-15H2,1H3,(H,23,24). The van der Waals surface area contributed by atoms with Gasteiger partial charge in [-0.3, -0.25) is 4.99 Å². The molecule has 2 saturated heterocycles. The number of nitrogens with one attached hydrogen (secondary N) is 1. The molecule has 1 atom stereocenters. The van der Waals surface area contributed by atoms with Crippen molar-refractivity contribution >= 4 is 17.6 Å². The molecular weight excluding hydrogens is 351 g/mol. The van der Waals surface area contributed by atoms with Crippen molar-refractivity contribution < 1.29 is 4.39 Å². The minimum Gasteiger partial charge on any atom is -0.356 e. The zero-order valence-electron chi connectivity index (χ0n) is 15.7. The van der Waals surface area contributed by atoms with Gasteiger partial charge in [-0.25, -0.2) is 4.39 Å². The van der Waals surface area contributed by atoms with Crippen molar-refractivity contribution in [1.82, 2.24) is 15.1 Å². The highest BCUT2D eigenvalue weighted by Crippen LogP contribution is 2.20. The van der Waals surface area contributed by atoms with Crippen molar-refractivity contribution in [3.8, 4) is 0 Å². The number of aliphatic imine (C=N–C) groups is 1. The fourth-order valence-corrected chi connectivity index (χ4v) is 4.31. The second-order valence-electron chi connectivity index (χ2n) is 7.42. The van der Waals surface area contributed by atoms with Crippen molar-refractivity contribution in [3.05, 3.63) is 34.6 Å². The Labute approximate surface area is 161 Å². The number of nitrogens with zero attached hydrogens (tertiary/aromatic N) is 3. The molecule has 2 fully saturated rings. The molecule has 6 heteroatoms. The Balaban J connectivity index is 1.44. The lowest BCUT2D eigenvalue weighted by Gasteiger charge is -2.29. The van der Waals surface area contributed by atoms with Crippen molar-refractivity contribution in [1.29, 1.82) is 0 Å². The number of halogens is 2. The molecule has 0 aromatic heterocycles. The molecule has 2 aliphatic heterocycles. The van der Waals surface area contributed by atoms with Crippen LogP contribution in [-0.4, -0.2) is 62.1 Å². The number of benzene rings is 1. The minimum absolute atomic E-state index is 0.292. The molecule has 0 spiro atoms. The maximum Gasteiger partial charge on any atom is 0.193 e. The molecule has 1 aromatic carbocycles. The van der Waals surface area contributed by atoms with E-state index in [0.29, 0.717) is 5.02 Å². The third kappa shape index (κ3) is 5.34. The van der Waals surface area contributed by atoms with Gasteiger partial charge in [0.05, 0.1) is 0 Å². The summed E-state index contributed by atoms with van der Waals surface area (Å²) in [4.78, 5) is 9.44. The van der Waals surface area contributed by atoms with Crippen LogP contribution in [0.4, 0.5) is 4.39 Å². The van der Waals surface area contributed by atoms with Crippen LogP contribution in [0.5, 0.6) is 0 Å². The van der Waals surface area contributed by atoms with Gasteiger partial charge in [0.25, 0.3) is 0 Å². The average molecular weight is 381 g/mol. The number of piperidine rings is 1. The first-order valence-electron chi connectivity index (χ1n) is 9.77. The Morgan fingerprint density at radius 3 is 2.81 bits per heavy atom. The normalized spacial score (nSPS) is 22.0. The van der Waals surface area contributed by atoms with Crippen LogP contribution < -0.4 is 5.32 Å². The SMILES string of the molecule is CN=C(NCCc1ccc(F)cc1Cl)N1CCC(CN2CCCCC2)C1. The lowest BCUT2D eigenvalue weighted by molar-refractivity contribution is 0.198. The van der Waals surface area contributed by atoms with E-state index in [4.69, 9.17) is 11.6 Å². The fourth-order valence-electron chi connectivity index (χ4n) is 4.05. The van der Waals surface area contributed by atoms with Crippen LogP contribution >= 0.6 is 11.6 Å². The molecule has 1 N–H and O–H groups in total. The predicted molar refractivity (Wildman–Crippen MR) is 106 cm³/mol. The molecule has 0 aliphatic carbocycles. The van der Waals surface area contributed by atoms with E-state index < -0.39 is 0 Å². The lowest BCUT2D eigenvalue weighted by atomic mass is 10.1. The van der Waals surface area contributed by atoms with E-state index in [9.17, 15) is 4.39 Å². The first-order valence-corrected chi connectivity index (χ1v) is 10.2. The minimum atomic E-state index is -0.292. The molecule has 2 heterocycles. The van der Waals surface area contributed by atoms with Gasteiger partial charge in [0.15, 0.2) is 5.96 Å². The molecule has 4 nitrogen and oxygen atoms in total. The van der Waals surface area contributed by atoms with Gasteiger partial charge in [0.2, 0.25) is 0 Å². The summed E-state index contributed by atoms with van der Waals surface area (Å²) in [5, 5.41) is 3.93. The van der Waals surface area contributed by atoms with E-state index in [1.54, 1.807) is 6.07 Å². The van der Waals surface area contributed by atoms with E-state index in [2.05, 4.69) is 20.1 Å². The summed E-state index contributed by atoms with van der Waals surface area (Å²) in [6.45, 7) is 6.64. The van der Waals surface area contributed by atoms with E-state index in [1.807, 2.05) is 7.05 Å². The highest BCUT2D eigenvalue weighted by Gasteiger charge is 2.26. The third-order valence-corrected chi connectivity index (χ3v) is 5.81. The molecule has 1 unspecified atom stereocenters. The van der Waals surface area contributed by atoms with Gasteiger partial charge in [-0.2, -0.15) is 0 Å². The number of guanidine groups is 1. The maximum atomic E-state index is 13.1. The van der Waals surface area contributed by atoms with Gasteiger partial charge in [-0.15, -0.1) is 0 Å². The molecule has 0 radical (unpaired) electrons. The summed E-state index contributed by atoms with van der Waals surface area (Å²) in [6.07, 6.45) is 6.09. The Bertz CT molecular complexity index is 616. The van der Waals surface area contributed by atoms with Crippen LogP contribution in [0, 0.1) is 11.7 Å². The zero-order valence-corrected chi connectivity index (χ0v) is 16.4. The van der Waals surface area contributed by atoms with E-state index >= 15 is 0 Å². The quantitative estimate of drug-likeness (QED) is 0.627. The van der Waals surface area contributed by atoms with Crippen molar-refractivity contribution in [2.24, 2.45) is 10.9 Å². The fraction of sp³-hybridized carbons (Fsp3) is 0.650. The Morgan fingerprint density at radius 1 is 1.27 bits per heavy atom. The van der Waals surface area contributed by atoms with Crippen LogP contribution in [0.15, 0.2) is 23.2 Å². The first-order chi connectivity index (χ1) is 12.7. The number of hydrogen-bond donors (Lipinski definition) is 1. The number of rotatable bonds is 5. The summed E-state index contributed by atoms with van der Waals surface area (Å²) < 4.78 is 13.1. The monoisotopic (exact) mass is 380 g/mol. The van der Waals surface area contributed by atoms with E-state index in [0.717, 1.165) is 43.5 Å². The molecule has 0 amide bonds. The third-order valence-electron chi connectivity index (χ3n) is 5.45. The largest absolute Gasteiger partial charge is 0.356 e. The molecule has 1 aromatic rings. The highest BCUT2D eigenvalue weighted by atomic mass is 35.5. The van der Waals surface area contributed by atoms with Gasteiger partial charge in [0.1, 0.15) is 5.82 Å². The second-order valence-corrected chi connectivity index (χ2v) is 7.83. The summed E-state index contributed by atoms with van der Waals surface area (Å²) in [5.74, 6) is 1.40. The number of hydrogen-bond acceptors (Lipinski definition) is 2. The molecular formula is C20H30ClFN4. The van der Waals surface area contributed by atoms with Crippen molar-refractivity contribution in [2.45, 2.75) is 32.1 Å². The van der Waals surface area contributed by atoms with Crippen LogP contribution in [-0.2, 0) is 6.42 Å². The Hall–Kier alpha value is -1.33. The average Bonchev–Trinajstić information content (AvgIpc) is 3.09. The predicted octanol–water partition coefficient (Wildman–Crippen LogP) is 3.40. The van der Waals surface area contributed by atoms with Crippen LogP contribution in [0.1, 0.15) is 31.2 Å². The lowest BCUT2D eigenvalue weighted by Crippen LogP contribution is -2.42. The molecule has 2 aliphatic rings. The summed E-state index contributed by atoms with van der Waals surface area (Å²) >= 11 is 6.10. The Morgan fingerprint density at radius 2 is 2.08 bits per heavy atom. The van der Waals surface area contributed by atoms with Crippen LogP contribution in [0.2, 0.25) is 5.02 Å². The van der Waals surface area contributed by atoms with E-state index in [1.165, 1.54) is 57.5 Å². The van der Waals surface area contributed by atoms with Crippen LogP contribution in [0.25, 0.3) is 0 Å².